The van der Waals surface area contributed by atoms with Gasteiger partial charge in [0.05, 0.1) is 5.52 Å². The van der Waals surface area contributed by atoms with Crippen molar-refractivity contribution in [1.82, 2.24) is 14.7 Å². The molecule has 2 aromatic heterocycles. The first-order valence-corrected chi connectivity index (χ1v) is 8.29. The van der Waals surface area contributed by atoms with E-state index in [-0.39, 0.29) is 22.7 Å². The van der Waals surface area contributed by atoms with E-state index in [1.807, 2.05) is 32.0 Å². The van der Waals surface area contributed by atoms with Crippen LogP contribution < -0.4 is 5.56 Å². The summed E-state index contributed by atoms with van der Waals surface area (Å²) >= 11 is 0. The molecule has 7 heteroatoms. The molecule has 27 heavy (non-hydrogen) atoms. The van der Waals surface area contributed by atoms with Gasteiger partial charge in [-0.05, 0) is 49.2 Å². The van der Waals surface area contributed by atoms with Crippen LogP contribution in [0.3, 0.4) is 0 Å². The van der Waals surface area contributed by atoms with Crippen molar-refractivity contribution >= 4 is 10.9 Å². The quantitative estimate of drug-likeness (QED) is 0.586. The summed E-state index contributed by atoms with van der Waals surface area (Å²) < 4.78 is 20.0. The zero-order valence-corrected chi connectivity index (χ0v) is 14.9. The highest BCUT2D eigenvalue weighted by Gasteiger charge is 2.22. The SMILES string of the molecule is Cc1ccc(-c2noc(-c3c(O)c4ccc(F)cc4n(C)c3=O)n2)cc1C. The Kier molecular flexibility index (Phi) is 3.80. The molecule has 4 aromatic rings. The van der Waals surface area contributed by atoms with E-state index in [9.17, 15) is 14.3 Å². The summed E-state index contributed by atoms with van der Waals surface area (Å²) in [5, 5.41) is 14.8. The number of pyridine rings is 1. The molecule has 0 aliphatic heterocycles. The van der Waals surface area contributed by atoms with Crippen LogP contribution in [0.1, 0.15) is 11.1 Å². The third-order valence-corrected chi connectivity index (χ3v) is 4.74. The van der Waals surface area contributed by atoms with E-state index < -0.39 is 11.4 Å². The van der Waals surface area contributed by atoms with Crippen LogP contribution in [0.2, 0.25) is 0 Å². The lowest BCUT2D eigenvalue weighted by Gasteiger charge is -2.09. The zero-order valence-electron chi connectivity index (χ0n) is 14.9. The van der Waals surface area contributed by atoms with Crippen molar-refractivity contribution in [3.8, 4) is 28.6 Å². The van der Waals surface area contributed by atoms with Gasteiger partial charge in [-0.1, -0.05) is 17.3 Å². The summed E-state index contributed by atoms with van der Waals surface area (Å²) in [6.45, 7) is 3.98. The molecule has 136 valence electrons. The minimum Gasteiger partial charge on any atom is -0.506 e. The van der Waals surface area contributed by atoms with Gasteiger partial charge in [-0.15, -0.1) is 0 Å². The van der Waals surface area contributed by atoms with Crippen LogP contribution in [0.25, 0.3) is 33.7 Å². The number of fused-ring (bicyclic) bond motifs is 1. The predicted molar refractivity (Wildman–Crippen MR) is 99.0 cm³/mol. The molecule has 0 saturated carbocycles. The lowest BCUT2D eigenvalue weighted by Crippen LogP contribution is -2.19. The molecule has 4 rings (SSSR count). The maximum Gasteiger partial charge on any atom is 0.267 e. The molecule has 2 aromatic carbocycles. The van der Waals surface area contributed by atoms with Crippen LogP contribution in [-0.4, -0.2) is 19.8 Å². The van der Waals surface area contributed by atoms with Gasteiger partial charge in [0.2, 0.25) is 5.82 Å². The van der Waals surface area contributed by atoms with Gasteiger partial charge >= 0.3 is 0 Å². The highest BCUT2D eigenvalue weighted by molar-refractivity contribution is 5.91. The number of halogens is 1. The van der Waals surface area contributed by atoms with Gasteiger partial charge in [0.15, 0.2) is 0 Å². The fourth-order valence-electron chi connectivity index (χ4n) is 3.01. The summed E-state index contributed by atoms with van der Waals surface area (Å²) in [7, 11) is 1.49. The molecule has 1 N–H and O–H groups in total. The number of aryl methyl sites for hydroxylation is 3. The molecule has 0 atom stereocenters. The average molecular weight is 365 g/mol. The average Bonchev–Trinajstić information content (AvgIpc) is 3.12. The first kappa shape index (κ1) is 17.0. The predicted octanol–water partition coefficient (Wildman–Crippen LogP) is 3.72. The molecule has 0 aliphatic rings. The zero-order chi connectivity index (χ0) is 19.3. The molecule has 0 spiro atoms. The van der Waals surface area contributed by atoms with Crippen LogP contribution in [0.5, 0.6) is 5.75 Å². The number of aromatic hydroxyl groups is 1. The molecule has 0 amide bonds. The van der Waals surface area contributed by atoms with E-state index in [2.05, 4.69) is 10.1 Å². The third kappa shape index (κ3) is 2.68. The Labute approximate surface area is 153 Å². The number of nitrogens with zero attached hydrogens (tertiary/aromatic N) is 3. The summed E-state index contributed by atoms with van der Waals surface area (Å²) in [5.41, 5.74) is 2.56. The molecular formula is C20H16FN3O3. The maximum atomic E-state index is 13.5. The highest BCUT2D eigenvalue weighted by atomic mass is 19.1. The van der Waals surface area contributed by atoms with Gasteiger partial charge in [-0.25, -0.2) is 4.39 Å². The minimum absolute atomic E-state index is 0.0902. The number of rotatable bonds is 2. The second-order valence-electron chi connectivity index (χ2n) is 6.47. The van der Waals surface area contributed by atoms with Crippen molar-refractivity contribution in [2.45, 2.75) is 13.8 Å². The first-order chi connectivity index (χ1) is 12.9. The molecule has 2 heterocycles. The van der Waals surface area contributed by atoms with Gasteiger partial charge < -0.3 is 14.2 Å². The number of hydrogen-bond acceptors (Lipinski definition) is 5. The molecule has 0 radical (unpaired) electrons. The van der Waals surface area contributed by atoms with Crippen LogP contribution in [-0.2, 0) is 7.05 Å². The second-order valence-corrected chi connectivity index (χ2v) is 6.47. The van der Waals surface area contributed by atoms with Crippen LogP contribution >= 0.6 is 0 Å². The Bertz CT molecular complexity index is 1260. The summed E-state index contributed by atoms with van der Waals surface area (Å²) in [6, 6.07) is 9.54. The molecule has 0 unspecified atom stereocenters. The van der Waals surface area contributed by atoms with Gasteiger partial charge in [0.25, 0.3) is 11.4 Å². The van der Waals surface area contributed by atoms with Crippen molar-refractivity contribution < 1.29 is 14.0 Å². The van der Waals surface area contributed by atoms with E-state index in [1.165, 1.54) is 29.8 Å². The minimum atomic E-state index is -0.555. The Morgan fingerprint density at radius 1 is 1.11 bits per heavy atom. The van der Waals surface area contributed by atoms with E-state index in [1.54, 1.807) is 0 Å². The van der Waals surface area contributed by atoms with Crippen LogP contribution in [0.15, 0.2) is 45.7 Å². The lowest BCUT2D eigenvalue weighted by molar-refractivity contribution is 0.425. The van der Waals surface area contributed by atoms with E-state index in [4.69, 9.17) is 4.52 Å². The fourth-order valence-corrected chi connectivity index (χ4v) is 3.01. The number of benzene rings is 2. The maximum absolute atomic E-state index is 13.5. The number of aromatic nitrogens is 3. The van der Waals surface area contributed by atoms with Crippen molar-refractivity contribution in [3.63, 3.8) is 0 Å². The van der Waals surface area contributed by atoms with Gasteiger partial charge in [-0.3, -0.25) is 4.79 Å². The lowest BCUT2D eigenvalue weighted by atomic mass is 10.1. The van der Waals surface area contributed by atoms with Crippen LogP contribution in [0, 0.1) is 19.7 Å². The van der Waals surface area contributed by atoms with Gasteiger partial charge in [-0.2, -0.15) is 4.98 Å². The molecule has 6 nitrogen and oxygen atoms in total. The number of hydrogen-bond donors (Lipinski definition) is 1. The highest BCUT2D eigenvalue weighted by Crippen LogP contribution is 2.33. The normalized spacial score (nSPS) is 11.3. The fraction of sp³-hybridized carbons (Fsp3) is 0.150. The topological polar surface area (TPSA) is 81.2 Å². The molecule has 0 aliphatic carbocycles. The molecule has 0 fully saturated rings. The van der Waals surface area contributed by atoms with Crippen molar-refractivity contribution in [3.05, 3.63) is 63.7 Å². The van der Waals surface area contributed by atoms with Gasteiger partial charge in [0, 0.05) is 18.0 Å². The Balaban J connectivity index is 1.91. The van der Waals surface area contributed by atoms with E-state index in [0.717, 1.165) is 16.7 Å². The largest absolute Gasteiger partial charge is 0.506 e. The molecule has 0 bridgehead atoms. The monoisotopic (exact) mass is 365 g/mol. The summed E-state index contributed by atoms with van der Waals surface area (Å²) in [5.74, 6) is -0.593. The standard InChI is InChI=1S/C20H16FN3O3/c1-10-4-5-12(8-11(10)2)18-22-19(27-23-18)16-17(25)14-7-6-13(21)9-15(14)24(3)20(16)26/h4-9,25H,1-3H3. The Morgan fingerprint density at radius 2 is 1.89 bits per heavy atom. The second kappa shape index (κ2) is 6.05. The summed E-state index contributed by atoms with van der Waals surface area (Å²) in [4.78, 5) is 17.0. The Morgan fingerprint density at radius 3 is 2.63 bits per heavy atom. The van der Waals surface area contributed by atoms with Crippen LogP contribution in [0.4, 0.5) is 4.39 Å². The van der Waals surface area contributed by atoms with Gasteiger partial charge in [0.1, 0.15) is 17.1 Å². The van der Waals surface area contributed by atoms with Crippen molar-refractivity contribution in [2.75, 3.05) is 0 Å². The van der Waals surface area contributed by atoms with E-state index in [0.29, 0.717) is 11.2 Å². The first-order valence-electron chi connectivity index (χ1n) is 8.29. The van der Waals surface area contributed by atoms with E-state index >= 15 is 0 Å². The van der Waals surface area contributed by atoms with Crippen molar-refractivity contribution in [1.29, 1.82) is 0 Å². The Hall–Kier alpha value is -3.48. The molecular weight excluding hydrogens is 349 g/mol. The third-order valence-electron chi connectivity index (χ3n) is 4.74. The van der Waals surface area contributed by atoms with Crippen molar-refractivity contribution in [2.24, 2.45) is 7.05 Å². The smallest absolute Gasteiger partial charge is 0.267 e. The molecule has 0 saturated heterocycles. The summed E-state index contributed by atoms with van der Waals surface area (Å²) in [6.07, 6.45) is 0.